The van der Waals surface area contributed by atoms with E-state index in [4.69, 9.17) is 5.73 Å². The summed E-state index contributed by atoms with van der Waals surface area (Å²) >= 11 is 0. The van der Waals surface area contributed by atoms with Gasteiger partial charge in [0.15, 0.2) is 0 Å². The summed E-state index contributed by atoms with van der Waals surface area (Å²) in [6.07, 6.45) is 2.55. The zero-order valence-corrected chi connectivity index (χ0v) is 13.7. The van der Waals surface area contributed by atoms with E-state index < -0.39 is 5.60 Å². The Balaban J connectivity index is 1.76. The number of benzene rings is 2. The summed E-state index contributed by atoms with van der Waals surface area (Å²) in [5.41, 5.74) is 8.66. The van der Waals surface area contributed by atoms with Gasteiger partial charge in [0.05, 0.1) is 11.0 Å². The Morgan fingerprint density at radius 1 is 1.04 bits per heavy atom. The van der Waals surface area contributed by atoms with Crippen molar-refractivity contribution >= 4 is 5.91 Å². The summed E-state index contributed by atoms with van der Waals surface area (Å²) in [5, 5.41) is 10.0. The Hall–Kier alpha value is -2.13. The average Bonchev–Trinajstić information content (AvgIpc) is 3.28. The molecule has 23 heavy (non-hydrogen) atoms. The predicted octanol–water partition coefficient (Wildman–Crippen LogP) is 3.39. The molecule has 0 bridgehead atoms. The Kier molecular flexibility index (Phi) is 3.77. The van der Waals surface area contributed by atoms with Crippen LogP contribution in [0.3, 0.4) is 0 Å². The van der Waals surface area contributed by atoms with Crippen molar-refractivity contribution in [2.24, 2.45) is 11.1 Å². The maximum absolute atomic E-state index is 11.5. The number of nitrogens with two attached hydrogens (primary N) is 1. The summed E-state index contributed by atoms with van der Waals surface area (Å²) in [4.78, 5) is 11.5. The van der Waals surface area contributed by atoms with E-state index in [0.717, 1.165) is 41.5 Å². The van der Waals surface area contributed by atoms with Gasteiger partial charge in [-0.15, -0.1) is 0 Å². The first-order chi connectivity index (χ1) is 10.8. The van der Waals surface area contributed by atoms with Gasteiger partial charge in [-0.3, -0.25) is 4.79 Å². The van der Waals surface area contributed by atoms with Crippen molar-refractivity contribution in [2.75, 3.05) is 0 Å². The number of primary amides is 1. The van der Waals surface area contributed by atoms with Crippen molar-refractivity contribution in [2.45, 2.75) is 38.7 Å². The lowest BCUT2D eigenvalue weighted by atomic mass is 9.93. The van der Waals surface area contributed by atoms with E-state index >= 15 is 0 Å². The van der Waals surface area contributed by atoms with Gasteiger partial charge < -0.3 is 10.8 Å². The smallest absolute Gasteiger partial charge is 0.223 e. The molecule has 0 aliphatic heterocycles. The zero-order valence-electron chi connectivity index (χ0n) is 13.7. The van der Waals surface area contributed by atoms with E-state index in [1.807, 2.05) is 24.3 Å². The molecule has 0 spiro atoms. The summed E-state index contributed by atoms with van der Waals surface area (Å²) in [6, 6.07) is 16.2. The lowest BCUT2D eigenvalue weighted by Gasteiger charge is -2.18. The minimum Gasteiger partial charge on any atom is -0.386 e. The van der Waals surface area contributed by atoms with Crippen LogP contribution in [0.25, 0.3) is 11.1 Å². The molecule has 0 aromatic heterocycles. The van der Waals surface area contributed by atoms with Gasteiger partial charge in [0, 0.05) is 0 Å². The van der Waals surface area contributed by atoms with E-state index in [1.165, 1.54) is 0 Å². The Morgan fingerprint density at radius 3 is 1.91 bits per heavy atom. The van der Waals surface area contributed by atoms with Crippen LogP contribution in [0.4, 0.5) is 0 Å². The van der Waals surface area contributed by atoms with Crippen LogP contribution in [0.1, 0.15) is 37.8 Å². The largest absolute Gasteiger partial charge is 0.386 e. The van der Waals surface area contributed by atoms with Crippen molar-refractivity contribution in [3.8, 4) is 11.1 Å². The number of aliphatic hydroxyl groups is 1. The fraction of sp³-hybridized carbons (Fsp3) is 0.350. The van der Waals surface area contributed by atoms with Crippen LogP contribution in [-0.4, -0.2) is 11.0 Å². The lowest BCUT2D eigenvalue weighted by Crippen LogP contribution is -2.26. The highest BCUT2D eigenvalue weighted by Crippen LogP contribution is 2.48. The molecule has 1 aliphatic carbocycles. The minimum absolute atomic E-state index is 0.177. The summed E-state index contributed by atoms with van der Waals surface area (Å²) < 4.78 is 0. The minimum atomic E-state index is -0.824. The van der Waals surface area contributed by atoms with Gasteiger partial charge in [0.2, 0.25) is 5.91 Å². The highest BCUT2D eigenvalue weighted by atomic mass is 16.3. The SMILES string of the molecule is CC(C)(O)c1ccc(-c2ccc(CC3(C(N)=O)CC3)cc2)cc1. The molecule has 0 heterocycles. The molecule has 2 aromatic carbocycles. The highest BCUT2D eigenvalue weighted by molar-refractivity contribution is 5.84. The monoisotopic (exact) mass is 309 g/mol. The van der Waals surface area contributed by atoms with Gasteiger partial charge in [-0.1, -0.05) is 48.5 Å². The van der Waals surface area contributed by atoms with E-state index in [1.54, 1.807) is 13.8 Å². The number of hydrogen-bond acceptors (Lipinski definition) is 2. The van der Waals surface area contributed by atoms with Gasteiger partial charge in [0.1, 0.15) is 0 Å². The summed E-state index contributed by atoms with van der Waals surface area (Å²) in [5.74, 6) is -0.177. The fourth-order valence-corrected chi connectivity index (χ4v) is 2.94. The first kappa shape index (κ1) is 15.8. The second-order valence-corrected chi connectivity index (χ2v) is 7.15. The van der Waals surface area contributed by atoms with Crippen molar-refractivity contribution < 1.29 is 9.90 Å². The second-order valence-electron chi connectivity index (χ2n) is 7.15. The first-order valence-corrected chi connectivity index (χ1v) is 8.02. The number of amides is 1. The molecule has 0 atom stereocenters. The van der Waals surface area contributed by atoms with Crippen molar-refractivity contribution in [3.63, 3.8) is 0 Å². The second kappa shape index (κ2) is 5.50. The van der Waals surface area contributed by atoms with Gasteiger partial charge in [-0.05, 0) is 55.4 Å². The van der Waals surface area contributed by atoms with Crippen molar-refractivity contribution in [1.82, 2.24) is 0 Å². The number of rotatable bonds is 5. The van der Waals surface area contributed by atoms with Crippen LogP contribution in [0.2, 0.25) is 0 Å². The van der Waals surface area contributed by atoms with Crippen molar-refractivity contribution in [3.05, 3.63) is 59.7 Å². The van der Waals surface area contributed by atoms with E-state index in [0.29, 0.717) is 0 Å². The van der Waals surface area contributed by atoms with Crippen LogP contribution in [-0.2, 0) is 16.8 Å². The molecule has 1 saturated carbocycles. The van der Waals surface area contributed by atoms with Crippen LogP contribution in [0, 0.1) is 5.41 Å². The highest BCUT2D eigenvalue weighted by Gasteiger charge is 2.48. The van der Waals surface area contributed by atoms with Gasteiger partial charge >= 0.3 is 0 Å². The van der Waals surface area contributed by atoms with E-state index in [2.05, 4.69) is 24.3 Å². The van der Waals surface area contributed by atoms with Gasteiger partial charge in [-0.2, -0.15) is 0 Å². The maximum Gasteiger partial charge on any atom is 0.223 e. The molecule has 0 unspecified atom stereocenters. The molecule has 3 rings (SSSR count). The molecule has 0 radical (unpaired) electrons. The van der Waals surface area contributed by atoms with Crippen LogP contribution >= 0.6 is 0 Å². The topological polar surface area (TPSA) is 63.3 Å². The lowest BCUT2D eigenvalue weighted by molar-refractivity contribution is -0.123. The molecule has 3 nitrogen and oxygen atoms in total. The summed E-state index contributed by atoms with van der Waals surface area (Å²) in [6.45, 7) is 3.56. The molecule has 3 N–H and O–H groups in total. The van der Waals surface area contributed by atoms with Crippen LogP contribution in [0.15, 0.2) is 48.5 Å². The molecule has 2 aromatic rings. The third-order valence-electron chi connectivity index (χ3n) is 4.80. The van der Waals surface area contributed by atoms with Crippen LogP contribution in [0.5, 0.6) is 0 Å². The van der Waals surface area contributed by atoms with E-state index in [9.17, 15) is 9.90 Å². The van der Waals surface area contributed by atoms with Crippen LogP contribution < -0.4 is 5.73 Å². The summed E-state index contributed by atoms with van der Waals surface area (Å²) in [7, 11) is 0. The predicted molar refractivity (Wildman–Crippen MR) is 91.7 cm³/mol. The molecule has 1 amide bonds. The van der Waals surface area contributed by atoms with Crippen molar-refractivity contribution in [1.29, 1.82) is 0 Å². The van der Waals surface area contributed by atoms with Gasteiger partial charge in [-0.25, -0.2) is 0 Å². The standard InChI is InChI=1S/C20H23NO2/c1-19(2,23)17-9-7-16(8-10-17)15-5-3-14(4-6-15)13-20(11-12-20)18(21)22/h3-10,23H,11-13H2,1-2H3,(H2,21,22). The maximum atomic E-state index is 11.5. The Bertz CT molecular complexity index is 705. The molecule has 1 aliphatic rings. The quantitative estimate of drug-likeness (QED) is 0.889. The molecule has 120 valence electrons. The van der Waals surface area contributed by atoms with E-state index in [-0.39, 0.29) is 11.3 Å². The molecule has 3 heteroatoms. The molecular formula is C20H23NO2. The third-order valence-corrected chi connectivity index (χ3v) is 4.80. The zero-order chi connectivity index (χ0) is 16.7. The molecule has 0 saturated heterocycles. The van der Waals surface area contributed by atoms with Gasteiger partial charge in [0.25, 0.3) is 0 Å². The number of hydrogen-bond donors (Lipinski definition) is 2. The first-order valence-electron chi connectivity index (χ1n) is 8.02. The molecule has 1 fully saturated rings. The average molecular weight is 309 g/mol. The number of carbonyl (C=O) groups is 1. The Labute approximate surface area is 137 Å². The normalized spacial score (nSPS) is 16.1. The Morgan fingerprint density at radius 2 is 1.52 bits per heavy atom. The molecular weight excluding hydrogens is 286 g/mol. The third kappa shape index (κ3) is 3.30. The fourth-order valence-electron chi connectivity index (χ4n) is 2.94. The number of carbonyl (C=O) groups excluding carboxylic acids is 1.